The van der Waals surface area contributed by atoms with Crippen molar-refractivity contribution in [1.82, 2.24) is 5.32 Å². The first-order chi connectivity index (χ1) is 9.97. The number of aryl methyl sites for hydroxylation is 2. The maximum Gasteiger partial charge on any atom is 0.159 e. The Kier molecular flexibility index (Phi) is 4.58. The topological polar surface area (TPSA) is 21.3 Å². The summed E-state index contributed by atoms with van der Waals surface area (Å²) >= 11 is 0. The highest BCUT2D eigenvalue weighted by molar-refractivity contribution is 5.48. The molecule has 21 heavy (non-hydrogen) atoms. The molecule has 0 aliphatic heterocycles. The first-order valence-electron chi connectivity index (χ1n) is 6.75. The lowest BCUT2D eigenvalue weighted by molar-refractivity contribution is 0.404. The number of hydrogen-bond donors (Lipinski definition) is 1. The average Bonchev–Trinajstić information content (AvgIpc) is 2.45. The Balaban J connectivity index is 2.58. The van der Waals surface area contributed by atoms with Crippen LogP contribution in [0.4, 0.5) is 8.78 Å². The Morgan fingerprint density at radius 3 is 2.33 bits per heavy atom. The lowest BCUT2D eigenvalue weighted by Crippen LogP contribution is -2.20. The number of rotatable bonds is 4. The summed E-state index contributed by atoms with van der Waals surface area (Å²) in [6, 6.07) is 7.66. The van der Waals surface area contributed by atoms with Crippen LogP contribution in [-0.4, -0.2) is 14.2 Å². The van der Waals surface area contributed by atoms with E-state index in [0.717, 1.165) is 28.5 Å². The van der Waals surface area contributed by atoms with Crippen LogP contribution in [0.2, 0.25) is 0 Å². The largest absolute Gasteiger partial charge is 0.496 e. The van der Waals surface area contributed by atoms with E-state index in [4.69, 9.17) is 4.74 Å². The van der Waals surface area contributed by atoms with Gasteiger partial charge in [-0.15, -0.1) is 0 Å². The van der Waals surface area contributed by atoms with E-state index < -0.39 is 11.6 Å². The van der Waals surface area contributed by atoms with Crippen molar-refractivity contribution in [3.63, 3.8) is 0 Å². The van der Waals surface area contributed by atoms with Gasteiger partial charge in [0.1, 0.15) is 5.75 Å². The van der Waals surface area contributed by atoms with Crippen LogP contribution < -0.4 is 10.1 Å². The van der Waals surface area contributed by atoms with Crippen LogP contribution in [0.25, 0.3) is 0 Å². The summed E-state index contributed by atoms with van der Waals surface area (Å²) in [7, 11) is 3.39. The third kappa shape index (κ3) is 3.05. The first kappa shape index (κ1) is 15.4. The normalized spacial score (nSPS) is 12.3. The molecule has 2 aromatic rings. The highest BCUT2D eigenvalue weighted by Gasteiger charge is 2.20. The minimum absolute atomic E-state index is 0.268. The summed E-state index contributed by atoms with van der Waals surface area (Å²) in [4.78, 5) is 0. The minimum atomic E-state index is -0.850. The van der Waals surface area contributed by atoms with Gasteiger partial charge in [0.2, 0.25) is 0 Å². The zero-order valence-electron chi connectivity index (χ0n) is 12.6. The Hall–Kier alpha value is -1.94. The molecule has 2 rings (SSSR count). The molecule has 2 nitrogen and oxygen atoms in total. The number of halogens is 2. The van der Waals surface area contributed by atoms with E-state index in [1.165, 1.54) is 6.07 Å². The van der Waals surface area contributed by atoms with E-state index in [0.29, 0.717) is 5.56 Å². The highest BCUT2D eigenvalue weighted by atomic mass is 19.2. The van der Waals surface area contributed by atoms with Gasteiger partial charge in [-0.2, -0.15) is 0 Å². The van der Waals surface area contributed by atoms with Crippen molar-refractivity contribution in [2.24, 2.45) is 0 Å². The molecular weight excluding hydrogens is 272 g/mol. The van der Waals surface area contributed by atoms with Gasteiger partial charge in [0.05, 0.1) is 13.2 Å². The summed E-state index contributed by atoms with van der Waals surface area (Å²) < 4.78 is 32.1. The zero-order chi connectivity index (χ0) is 15.6. The predicted octanol–water partition coefficient (Wildman–Crippen LogP) is 3.90. The molecule has 0 aromatic heterocycles. The summed E-state index contributed by atoms with van der Waals surface area (Å²) in [5, 5.41) is 3.15. The molecule has 0 saturated carbocycles. The fourth-order valence-corrected chi connectivity index (χ4v) is 2.65. The van der Waals surface area contributed by atoms with Crippen LogP contribution in [-0.2, 0) is 0 Å². The predicted molar refractivity (Wildman–Crippen MR) is 79.7 cm³/mol. The van der Waals surface area contributed by atoms with E-state index in [-0.39, 0.29) is 6.04 Å². The summed E-state index contributed by atoms with van der Waals surface area (Å²) in [6.45, 7) is 3.97. The maximum atomic E-state index is 13.5. The van der Waals surface area contributed by atoms with Crippen molar-refractivity contribution in [1.29, 1.82) is 0 Å². The van der Waals surface area contributed by atoms with Crippen LogP contribution >= 0.6 is 0 Å². The van der Waals surface area contributed by atoms with Crippen LogP contribution in [0.1, 0.15) is 28.3 Å². The van der Waals surface area contributed by atoms with Gasteiger partial charge in [0, 0.05) is 5.56 Å². The second-order valence-corrected chi connectivity index (χ2v) is 5.09. The highest BCUT2D eigenvalue weighted by Crippen LogP contribution is 2.34. The van der Waals surface area contributed by atoms with Gasteiger partial charge in [0.15, 0.2) is 11.6 Å². The van der Waals surface area contributed by atoms with Gasteiger partial charge in [0.25, 0.3) is 0 Å². The third-order valence-electron chi connectivity index (χ3n) is 3.57. The molecule has 1 atom stereocenters. The summed E-state index contributed by atoms with van der Waals surface area (Å²) in [6.07, 6.45) is 0. The number of ether oxygens (including phenoxy) is 1. The number of nitrogens with one attached hydrogen (secondary N) is 1. The van der Waals surface area contributed by atoms with Crippen LogP contribution in [0, 0.1) is 25.5 Å². The van der Waals surface area contributed by atoms with Gasteiger partial charge in [-0.05, 0) is 55.8 Å². The van der Waals surface area contributed by atoms with Gasteiger partial charge in [-0.25, -0.2) is 8.78 Å². The molecule has 0 amide bonds. The fraction of sp³-hybridized carbons (Fsp3) is 0.294. The monoisotopic (exact) mass is 291 g/mol. The minimum Gasteiger partial charge on any atom is -0.496 e. The standard InChI is InChI=1S/C17H19F2NO/c1-10-7-11(2)16(15(8-10)21-4)17(20-3)12-5-6-13(18)14(19)9-12/h5-9,17,20H,1-4H3. The van der Waals surface area contributed by atoms with E-state index in [1.54, 1.807) is 20.2 Å². The summed E-state index contributed by atoms with van der Waals surface area (Å²) in [5.41, 5.74) is 3.71. The quantitative estimate of drug-likeness (QED) is 0.922. The molecule has 0 saturated heterocycles. The van der Waals surface area contributed by atoms with Gasteiger partial charge in [-0.3, -0.25) is 0 Å². The van der Waals surface area contributed by atoms with Gasteiger partial charge >= 0.3 is 0 Å². The van der Waals surface area contributed by atoms with Crippen LogP contribution in [0.15, 0.2) is 30.3 Å². The molecule has 1 unspecified atom stereocenters. The van der Waals surface area contributed by atoms with Gasteiger partial charge in [-0.1, -0.05) is 12.1 Å². The van der Waals surface area contributed by atoms with Crippen LogP contribution in [0.5, 0.6) is 5.75 Å². The van der Waals surface area contributed by atoms with E-state index in [1.807, 2.05) is 26.0 Å². The van der Waals surface area contributed by atoms with Crippen molar-refractivity contribution >= 4 is 0 Å². The SMILES string of the molecule is CNC(c1ccc(F)c(F)c1)c1c(C)cc(C)cc1OC. The van der Waals surface area contributed by atoms with Crippen molar-refractivity contribution in [3.05, 3.63) is 64.2 Å². The average molecular weight is 291 g/mol. The fourth-order valence-electron chi connectivity index (χ4n) is 2.65. The zero-order valence-corrected chi connectivity index (χ0v) is 12.6. The van der Waals surface area contributed by atoms with Crippen molar-refractivity contribution in [2.75, 3.05) is 14.2 Å². The molecule has 0 bridgehead atoms. The molecule has 0 aliphatic carbocycles. The van der Waals surface area contributed by atoms with Crippen molar-refractivity contribution in [2.45, 2.75) is 19.9 Å². The summed E-state index contributed by atoms with van der Waals surface area (Å²) in [5.74, 6) is -0.964. The smallest absolute Gasteiger partial charge is 0.159 e. The van der Waals surface area contributed by atoms with E-state index in [9.17, 15) is 8.78 Å². The molecule has 112 valence electrons. The molecule has 4 heteroatoms. The lowest BCUT2D eigenvalue weighted by atomic mass is 9.92. The Labute approximate surface area is 123 Å². The van der Waals surface area contributed by atoms with E-state index in [2.05, 4.69) is 5.32 Å². The van der Waals surface area contributed by atoms with Crippen molar-refractivity contribution < 1.29 is 13.5 Å². The molecule has 0 heterocycles. The number of hydrogen-bond acceptors (Lipinski definition) is 2. The number of methoxy groups -OCH3 is 1. The Bertz CT molecular complexity index is 655. The van der Waals surface area contributed by atoms with E-state index >= 15 is 0 Å². The number of benzene rings is 2. The van der Waals surface area contributed by atoms with Gasteiger partial charge < -0.3 is 10.1 Å². The Morgan fingerprint density at radius 2 is 1.76 bits per heavy atom. The maximum absolute atomic E-state index is 13.5. The molecular formula is C17H19F2NO. The molecule has 2 aromatic carbocycles. The van der Waals surface area contributed by atoms with Crippen molar-refractivity contribution in [3.8, 4) is 5.75 Å². The second-order valence-electron chi connectivity index (χ2n) is 5.09. The Morgan fingerprint density at radius 1 is 1.05 bits per heavy atom. The molecule has 0 fully saturated rings. The molecule has 0 spiro atoms. The second kappa shape index (κ2) is 6.22. The molecule has 0 radical (unpaired) electrons. The first-order valence-corrected chi connectivity index (χ1v) is 6.75. The molecule has 0 aliphatic rings. The third-order valence-corrected chi connectivity index (χ3v) is 3.57. The van der Waals surface area contributed by atoms with Crippen LogP contribution in [0.3, 0.4) is 0 Å². The molecule has 1 N–H and O–H groups in total. The lowest BCUT2D eigenvalue weighted by Gasteiger charge is -2.23.